The predicted octanol–water partition coefficient (Wildman–Crippen LogP) is 0.958. The van der Waals surface area contributed by atoms with Gasteiger partial charge in [0.15, 0.2) is 0 Å². The first-order chi connectivity index (χ1) is 13.2. The molecule has 0 spiro atoms. The van der Waals surface area contributed by atoms with Crippen molar-refractivity contribution in [1.82, 2.24) is 10.3 Å². The van der Waals surface area contributed by atoms with Crippen molar-refractivity contribution < 1.29 is 18.8 Å². The molecular formula is C19H29BN4O4. The van der Waals surface area contributed by atoms with Gasteiger partial charge in [-0.1, -0.05) is 0 Å². The van der Waals surface area contributed by atoms with Crippen LogP contribution in [-0.4, -0.2) is 62.0 Å². The fourth-order valence-electron chi connectivity index (χ4n) is 2.97. The molecule has 4 N–H and O–H groups in total. The first kappa shape index (κ1) is 20.8. The van der Waals surface area contributed by atoms with Crippen molar-refractivity contribution in [3.05, 3.63) is 24.0 Å². The first-order valence-corrected chi connectivity index (χ1v) is 9.48. The third-order valence-electron chi connectivity index (χ3n) is 5.43. The summed E-state index contributed by atoms with van der Waals surface area (Å²) in [6, 6.07) is 1.86. The van der Waals surface area contributed by atoms with E-state index in [0.29, 0.717) is 43.2 Å². The van der Waals surface area contributed by atoms with Gasteiger partial charge < -0.3 is 35.2 Å². The van der Waals surface area contributed by atoms with Gasteiger partial charge in [-0.25, -0.2) is 4.98 Å². The highest BCUT2D eigenvalue weighted by atomic mass is 16.7. The molecule has 1 atom stereocenters. The molecule has 0 saturated carbocycles. The second-order valence-electron chi connectivity index (χ2n) is 8.01. The number of nitrogens with two attached hydrogens (primary N) is 1. The SMILES string of the molecule is CC1(C)OB(c2cc(/C(C=N)=C/NC[C@H]3COCCO3)cnc2N)OC1(C)C. The van der Waals surface area contributed by atoms with Crippen molar-refractivity contribution in [1.29, 1.82) is 5.41 Å². The molecule has 1 aromatic heterocycles. The monoisotopic (exact) mass is 388 g/mol. The maximum absolute atomic E-state index is 7.77. The standard InChI is InChI=1S/C19H29BN4O4/c1-18(2)19(3,4)28-20(27-18)16-7-13(10-24-17(16)22)14(8-21)9-23-11-15-12-25-5-6-26-15/h7-10,15,21,23H,5-6,11-12H2,1-4H3,(H2,22,24)/b14-9+,21-8?/t15-/m0/s1. The highest BCUT2D eigenvalue weighted by Gasteiger charge is 2.52. The Morgan fingerprint density at radius 1 is 1.32 bits per heavy atom. The summed E-state index contributed by atoms with van der Waals surface area (Å²) in [6.45, 7) is 10.4. The number of aromatic nitrogens is 1. The summed E-state index contributed by atoms with van der Waals surface area (Å²) in [5.41, 5.74) is 7.24. The lowest BCUT2D eigenvalue weighted by Crippen LogP contribution is -2.41. The van der Waals surface area contributed by atoms with Crippen LogP contribution >= 0.6 is 0 Å². The minimum atomic E-state index is -0.606. The summed E-state index contributed by atoms with van der Waals surface area (Å²) < 4.78 is 23.2. The van der Waals surface area contributed by atoms with Gasteiger partial charge in [0.1, 0.15) is 5.82 Å². The van der Waals surface area contributed by atoms with Crippen LogP contribution in [0.2, 0.25) is 0 Å². The lowest BCUT2D eigenvalue weighted by Gasteiger charge is -2.32. The molecule has 0 bridgehead atoms. The molecule has 0 radical (unpaired) electrons. The van der Waals surface area contributed by atoms with Gasteiger partial charge in [-0.3, -0.25) is 0 Å². The highest BCUT2D eigenvalue weighted by Crippen LogP contribution is 2.36. The van der Waals surface area contributed by atoms with Crippen LogP contribution in [0.1, 0.15) is 33.3 Å². The number of rotatable bonds is 6. The van der Waals surface area contributed by atoms with E-state index < -0.39 is 18.3 Å². The molecule has 0 amide bonds. The minimum Gasteiger partial charge on any atom is -0.399 e. The van der Waals surface area contributed by atoms with E-state index in [2.05, 4.69) is 10.3 Å². The van der Waals surface area contributed by atoms with Crippen molar-refractivity contribution in [2.75, 3.05) is 32.1 Å². The van der Waals surface area contributed by atoms with Crippen LogP contribution in [0.25, 0.3) is 5.57 Å². The molecule has 152 valence electrons. The zero-order valence-corrected chi connectivity index (χ0v) is 17.0. The lowest BCUT2D eigenvalue weighted by molar-refractivity contribution is -0.0853. The Hall–Kier alpha value is -1.94. The van der Waals surface area contributed by atoms with Crippen LogP contribution in [0.15, 0.2) is 18.5 Å². The number of allylic oxidation sites excluding steroid dienone is 1. The number of nitrogens with one attached hydrogen (secondary N) is 2. The number of hydrogen-bond acceptors (Lipinski definition) is 8. The summed E-state index contributed by atoms with van der Waals surface area (Å²) in [5.74, 6) is 0.354. The van der Waals surface area contributed by atoms with Gasteiger partial charge in [0.25, 0.3) is 0 Å². The average molecular weight is 388 g/mol. The van der Waals surface area contributed by atoms with E-state index in [1.165, 1.54) is 6.21 Å². The van der Waals surface area contributed by atoms with Gasteiger partial charge in [-0.15, -0.1) is 0 Å². The second kappa shape index (κ2) is 8.20. The number of pyridine rings is 1. The molecule has 2 fully saturated rings. The zero-order chi connectivity index (χ0) is 20.4. The lowest BCUT2D eigenvalue weighted by atomic mass is 9.78. The van der Waals surface area contributed by atoms with Crippen molar-refractivity contribution in [2.24, 2.45) is 0 Å². The van der Waals surface area contributed by atoms with Crippen LogP contribution in [0, 0.1) is 5.41 Å². The minimum absolute atomic E-state index is 0.00170. The van der Waals surface area contributed by atoms with E-state index in [-0.39, 0.29) is 6.10 Å². The molecule has 2 aliphatic rings. The number of ether oxygens (including phenoxy) is 2. The van der Waals surface area contributed by atoms with Crippen LogP contribution in [0.4, 0.5) is 5.82 Å². The van der Waals surface area contributed by atoms with Crippen molar-refractivity contribution >= 4 is 30.2 Å². The summed E-state index contributed by atoms with van der Waals surface area (Å²) in [6.07, 6.45) is 4.68. The third kappa shape index (κ3) is 4.38. The Kier molecular flexibility index (Phi) is 6.09. The summed E-state index contributed by atoms with van der Waals surface area (Å²) in [4.78, 5) is 4.29. The van der Waals surface area contributed by atoms with Gasteiger partial charge in [0, 0.05) is 41.8 Å². The molecule has 3 heterocycles. The van der Waals surface area contributed by atoms with Crippen LogP contribution < -0.4 is 16.5 Å². The van der Waals surface area contributed by atoms with E-state index in [1.807, 2.05) is 33.8 Å². The Labute approximate surface area is 166 Å². The van der Waals surface area contributed by atoms with Gasteiger partial charge in [-0.05, 0) is 33.8 Å². The topological polar surface area (TPSA) is 112 Å². The number of hydrogen-bond donors (Lipinski definition) is 3. The van der Waals surface area contributed by atoms with Crippen molar-refractivity contribution in [2.45, 2.75) is 45.0 Å². The van der Waals surface area contributed by atoms with Gasteiger partial charge >= 0.3 is 7.12 Å². The van der Waals surface area contributed by atoms with E-state index in [1.54, 1.807) is 12.4 Å². The van der Waals surface area contributed by atoms with Crippen LogP contribution in [0.5, 0.6) is 0 Å². The molecule has 8 nitrogen and oxygen atoms in total. The molecule has 2 aliphatic heterocycles. The zero-order valence-electron chi connectivity index (χ0n) is 17.0. The molecule has 1 aromatic rings. The number of nitrogens with zero attached hydrogens (tertiary/aromatic N) is 1. The van der Waals surface area contributed by atoms with E-state index in [0.717, 1.165) is 5.56 Å². The molecule has 3 rings (SSSR count). The predicted molar refractivity (Wildman–Crippen MR) is 110 cm³/mol. The van der Waals surface area contributed by atoms with Gasteiger partial charge in [0.05, 0.1) is 37.1 Å². The van der Waals surface area contributed by atoms with Crippen molar-refractivity contribution in [3.63, 3.8) is 0 Å². The Balaban J connectivity index is 1.75. The molecular weight excluding hydrogens is 359 g/mol. The van der Waals surface area contributed by atoms with Crippen LogP contribution in [-0.2, 0) is 18.8 Å². The van der Waals surface area contributed by atoms with Crippen molar-refractivity contribution in [3.8, 4) is 0 Å². The largest absolute Gasteiger partial charge is 0.498 e. The molecule has 28 heavy (non-hydrogen) atoms. The maximum Gasteiger partial charge on any atom is 0.498 e. The molecule has 0 aliphatic carbocycles. The Morgan fingerprint density at radius 3 is 2.64 bits per heavy atom. The third-order valence-corrected chi connectivity index (χ3v) is 5.43. The Bertz CT molecular complexity index is 731. The first-order valence-electron chi connectivity index (χ1n) is 9.48. The Morgan fingerprint density at radius 2 is 2.04 bits per heavy atom. The van der Waals surface area contributed by atoms with Crippen LogP contribution in [0.3, 0.4) is 0 Å². The average Bonchev–Trinajstić information content (AvgIpc) is 2.87. The molecule has 0 unspecified atom stereocenters. The van der Waals surface area contributed by atoms with E-state index in [4.69, 9.17) is 29.9 Å². The fraction of sp³-hybridized carbons (Fsp3) is 0.579. The van der Waals surface area contributed by atoms with E-state index >= 15 is 0 Å². The summed E-state index contributed by atoms with van der Waals surface area (Å²) >= 11 is 0. The number of anilines is 1. The second-order valence-corrected chi connectivity index (χ2v) is 8.01. The smallest absolute Gasteiger partial charge is 0.399 e. The fourth-order valence-corrected chi connectivity index (χ4v) is 2.97. The summed E-state index contributed by atoms with van der Waals surface area (Å²) in [7, 11) is -0.606. The summed E-state index contributed by atoms with van der Waals surface area (Å²) in [5, 5.41) is 11.0. The molecule has 9 heteroatoms. The van der Waals surface area contributed by atoms with Gasteiger partial charge in [0.2, 0.25) is 0 Å². The highest BCUT2D eigenvalue weighted by molar-refractivity contribution is 6.63. The molecule has 0 aromatic carbocycles. The van der Waals surface area contributed by atoms with E-state index in [9.17, 15) is 0 Å². The van der Waals surface area contributed by atoms with Gasteiger partial charge in [-0.2, -0.15) is 0 Å². The molecule has 2 saturated heterocycles. The number of nitrogen functional groups attached to an aromatic ring is 1. The normalized spacial score (nSPS) is 24.2. The maximum atomic E-state index is 7.77. The quantitative estimate of drug-likeness (QED) is 0.492.